The molecule has 2 fully saturated rings. The van der Waals surface area contributed by atoms with Gasteiger partial charge in [-0.05, 0) is 24.8 Å². The van der Waals surface area contributed by atoms with Gasteiger partial charge in [0.05, 0.1) is 11.5 Å². The van der Waals surface area contributed by atoms with Crippen LogP contribution in [0.15, 0.2) is 67.0 Å². The monoisotopic (exact) mass is 386 g/mol. The summed E-state index contributed by atoms with van der Waals surface area (Å²) in [6, 6.07) is 20.8. The van der Waals surface area contributed by atoms with Crippen molar-refractivity contribution in [3.63, 3.8) is 0 Å². The van der Waals surface area contributed by atoms with Crippen molar-refractivity contribution >= 4 is 5.91 Å². The number of likely N-dealkylation sites (tertiary alicyclic amines) is 1. The lowest BCUT2D eigenvalue weighted by molar-refractivity contribution is -0.136. The van der Waals surface area contributed by atoms with E-state index >= 15 is 0 Å². The number of hydrogen-bond donors (Lipinski definition) is 0. The van der Waals surface area contributed by atoms with E-state index in [0.717, 1.165) is 56.6 Å². The number of carbonyl (C=O) groups excluding carboxylic acids is 1. The highest BCUT2D eigenvalue weighted by Gasteiger charge is 2.46. The molecule has 1 aromatic heterocycles. The van der Waals surface area contributed by atoms with Crippen LogP contribution in [-0.4, -0.2) is 38.7 Å². The second kappa shape index (κ2) is 7.47. The van der Waals surface area contributed by atoms with E-state index in [2.05, 4.69) is 56.1 Å². The molecule has 1 saturated heterocycles. The molecule has 1 unspecified atom stereocenters. The maximum Gasteiger partial charge on any atom is 0.233 e. The van der Waals surface area contributed by atoms with Gasteiger partial charge in [0.2, 0.25) is 5.91 Å². The van der Waals surface area contributed by atoms with Crippen LogP contribution in [0.25, 0.3) is 11.4 Å². The first-order valence-electron chi connectivity index (χ1n) is 10.6. The third-order valence-electron chi connectivity index (χ3n) is 6.64. The van der Waals surface area contributed by atoms with E-state index in [1.165, 1.54) is 5.56 Å². The average molecular weight is 386 g/mol. The number of amides is 1. The maximum atomic E-state index is 13.7. The third kappa shape index (κ3) is 3.15. The lowest BCUT2D eigenvalue weighted by atomic mass is 9.77. The largest absolute Gasteiger partial charge is 0.340 e. The molecule has 2 aliphatic rings. The quantitative estimate of drug-likeness (QED) is 0.674. The topological polar surface area (TPSA) is 51.0 Å². The van der Waals surface area contributed by atoms with Crippen LogP contribution in [0.1, 0.15) is 43.7 Å². The van der Waals surface area contributed by atoms with Crippen LogP contribution in [0.3, 0.4) is 0 Å². The molecule has 0 spiro atoms. The molecule has 2 aromatic carbocycles. The van der Waals surface area contributed by atoms with E-state index in [9.17, 15) is 4.79 Å². The fourth-order valence-electron chi connectivity index (χ4n) is 5.12. The Hall–Kier alpha value is -2.95. The van der Waals surface area contributed by atoms with Crippen molar-refractivity contribution in [1.82, 2.24) is 19.7 Å². The summed E-state index contributed by atoms with van der Waals surface area (Å²) in [5, 5.41) is 8.51. The molecule has 148 valence electrons. The number of nitrogens with zero attached hydrogens (tertiary/aromatic N) is 4. The molecule has 0 bridgehead atoms. The Morgan fingerprint density at radius 3 is 2.38 bits per heavy atom. The summed E-state index contributed by atoms with van der Waals surface area (Å²) >= 11 is 0. The van der Waals surface area contributed by atoms with E-state index in [0.29, 0.717) is 5.91 Å². The molecule has 1 amide bonds. The minimum absolute atomic E-state index is 0.221. The SMILES string of the molecule is O=C(N1CCC(n2cnnc2-c2ccccc2)C1)C1(c2ccccc2)CCCC1. The Morgan fingerprint density at radius 2 is 1.66 bits per heavy atom. The average Bonchev–Trinajstić information content (AvgIpc) is 3.55. The van der Waals surface area contributed by atoms with E-state index in [1.807, 2.05) is 30.6 Å². The van der Waals surface area contributed by atoms with Crippen molar-refractivity contribution in [2.24, 2.45) is 0 Å². The lowest BCUT2D eigenvalue weighted by Crippen LogP contribution is -2.44. The highest BCUT2D eigenvalue weighted by atomic mass is 16.2. The van der Waals surface area contributed by atoms with Gasteiger partial charge in [-0.2, -0.15) is 0 Å². The maximum absolute atomic E-state index is 13.7. The molecule has 5 nitrogen and oxygen atoms in total. The molecule has 1 aliphatic heterocycles. The zero-order valence-electron chi connectivity index (χ0n) is 16.6. The molecular weight excluding hydrogens is 360 g/mol. The van der Waals surface area contributed by atoms with Gasteiger partial charge in [0.1, 0.15) is 6.33 Å². The second-order valence-electron chi connectivity index (χ2n) is 8.28. The molecule has 5 rings (SSSR count). The van der Waals surface area contributed by atoms with E-state index < -0.39 is 0 Å². The van der Waals surface area contributed by atoms with Gasteiger partial charge in [-0.1, -0.05) is 73.5 Å². The van der Waals surface area contributed by atoms with E-state index in [4.69, 9.17) is 0 Å². The van der Waals surface area contributed by atoms with Crippen LogP contribution in [0.2, 0.25) is 0 Å². The van der Waals surface area contributed by atoms with Crippen LogP contribution in [-0.2, 0) is 10.2 Å². The summed E-state index contributed by atoms with van der Waals surface area (Å²) in [7, 11) is 0. The van der Waals surface area contributed by atoms with Gasteiger partial charge in [-0.15, -0.1) is 10.2 Å². The van der Waals surface area contributed by atoms with Crippen LogP contribution in [0.5, 0.6) is 0 Å². The van der Waals surface area contributed by atoms with Gasteiger partial charge in [-0.25, -0.2) is 0 Å². The van der Waals surface area contributed by atoms with Gasteiger partial charge in [0.15, 0.2) is 5.82 Å². The summed E-state index contributed by atoms with van der Waals surface area (Å²) in [6.45, 7) is 1.52. The normalized spacial score (nSPS) is 20.8. The zero-order valence-corrected chi connectivity index (χ0v) is 16.6. The predicted molar refractivity (Wildman–Crippen MR) is 112 cm³/mol. The van der Waals surface area contributed by atoms with Gasteiger partial charge >= 0.3 is 0 Å². The number of rotatable bonds is 4. The van der Waals surface area contributed by atoms with Crippen molar-refractivity contribution in [3.05, 3.63) is 72.6 Å². The van der Waals surface area contributed by atoms with Crippen molar-refractivity contribution < 1.29 is 4.79 Å². The first kappa shape index (κ1) is 18.1. The highest BCUT2D eigenvalue weighted by molar-refractivity contribution is 5.89. The van der Waals surface area contributed by atoms with Crippen LogP contribution in [0.4, 0.5) is 0 Å². The highest BCUT2D eigenvalue weighted by Crippen LogP contribution is 2.43. The summed E-state index contributed by atoms with van der Waals surface area (Å²) in [5.74, 6) is 1.18. The van der Waals surface area contributed by atoms with Crippen LogP contribution < -0.4 is 0 Å². The Labute approximate surface area is 171 Å². The fourth-order valence-corrected chi connectivity index (χ4v) is 5.12. The summed E-state index contributed by atoms with van der Waals surface area (Å²) in [4.78, 5) is 15.8. The molecule has 2 heterocycles. The Morgan fingerprint density at radius 1 is 0.966 bits per heavy atom. The number of benzene rings is 2. The summed E-state index contributed by atoms with van der Waals surface area (Å²) in [5.41, 5.74) is 1.90. The molecule has 5 heteroatoms. The van der Waals surface area contributed by atoms with Crippen molar-refractivity contribution in [2.75, 3.05) is 13.1 Å². The van der Waals surface area contributed by atoms with Gasteiger partial charge in [0.25, 0.3) is 0 Å². The Balaban J connectivity index is 1.39. The van der Waals surface area contributed by atoms with E-state index in [1.54, 1.807) is 0 Å². The molecule has 1 saturated carbocycles. The standard InChI is InChI=1S/C24H26N4O/c29-23(24(14-7-8-15-24)20-11-5-2-6-12-20)27-16-13-21(17-27)28-18-25-26-22(28)19-9-3-1-4-10-19/h1-6,9-12,18,21H,7-8,13-17H2. The molecule has 1 atom stereocenters. The molecule has 0 radical (unpaired) electrons. The number of aromatic nitrogens is 3. The molecular formula is C24H26N4O. The zero-order chi connectivity index (χ0) is 19.7. The first-order chi connectivity index (χ1) is 14.3. The number of hydrogen-bond acceptors (Lipinski definition) is 3. The number of carbonyl (C=O) groups is 1. The van der Waals surface area contributed by atoms with Crippen LogP contribution >= 0.6 is 0 Å². The van der Waals surface area contributed by atoms with Crippen molar-refractivity contribution in [3.8, 4) is 11.4 Å². The van der Waals surface area contributed by atoms with Crippen LogP contribution in [0, 0.1) is 0 Å². The Bertz CT molecular complexity index is 976. The molecule has 29 heavy (non-hydrogen) atoms. The van der Waals surface area contributed by atoms with Gasteiger partial charge in [-0.3, -0.25) is 4.79 Å². The second-order valence-corrected chi connectivity index (χ2v) is 8.28. The summed E-state index contributed by atoms with van der Waals surface area (Å²) in [6.07, 6.45) is 6.92. The van der Waals surface area contributed by atoms with Gasteiger partial charge in [0, 0.05) is 18.7 Å². The summed E-state index contributed by atoms with van der Waals surface area (Å²) < 4.78 is 2.15. The van der Waals surface area contributed by atoms with E-state index in [-0.39, 0.29) is 11.5 Å². The predicted octanol–water partition coefficient (Wildman–Crippen LogP) is 4.23. The fraction of sp³-hybridized carbons (Fsp3) is 0.375. The minimum Gasteiger partial charge on any atom is -0.340 e. The van der Waals surface area contributed by atoms with Gasteiger partial charge < -0.3 is 9.47 Å². The molecule has 1 aliphatic carbocycles. The smallest absolute Gasteiger partial charge is 0.233 e. The third-order valence-corrected chi connectivity index (χ3v) is 6.64. The van der Waals surface area contributed by atoms with Crippen molar-refractivity contribution in [2.45, 2.75) is 43.6 Å². The minimum atomic E-state index is -0.342. The Kier molecular flexibility index (Phi) is 4.66. The molecule has 0 N–H and O–H groups in total. The first-order valence-corrected chi connectivity index (χ1v) is 10.6. The molecule has 3 aromatic rings. The van der Waals surface area contributed by atoms with Crippen molar-refractivity contribution in [1.29, 1.82) is 0 Å². The lowest BCUT2D eigenvalue weighted by Gasteiger charge is -2.33.